The Bertz CT molecular complexity index is 325. The van der Waals surface area contributed by atoms with E-state index in [0.29, 0.717) is 17.8 Å². The van der Waals surface area contributed by atoms with Gasteiger partial charge in [0.2, 0.25) is 0 Å². The van der Waals surface area contributed by atoms with E-state index in [1.54, 1.807) is 0 Å². The summed E-state index contributed by atoms with van der Waals surface area (Å²) in [4.78, 5) is 11.9. The van der Waals surface area contributed by atoms with Crippen molar-refractivity contribution in [3.05, 3.63) is 0 Å². The van der Waals surface area contributed by atoms with E-state index in [0.717, 1.165) is 44.6 Å². The number of ether oxygens (including phenoxy) is 1. The molecule has 0 radical (unpaired) electrons. The smallest absolute Gasteiger partial charge is 0.314 e. The first-order valence-electron chi connectivity index (χ1n) is 8.64. The van der Waals surface area contributed by atoms with Gasteiger partial charge in [0.1, 0.15) is 0 Å². The van der Waals surface area contributed by atoms with Crippen molar-refractivity contribution in [3.8, 4) is 0 Å². The van der Waals surface area contributed by atoms with Crippen LogP contribution in [0.25, 0.3) is 0 Å². The highest BCUT2D eigenvalue weighted by atomic mass is 16.5. The van der Waals surface area contributed by atoms with Crippen molar-refractivity contribution in [2.75, 3.05) is 26.3 Å². The minimum Gasteiger partial charge on any atom is -0.381 e. The number of rotatable bonds is 4. The molecule has 2 aliphatic rings. The number of amides is 2. The SMILES string of the molecule is CC1CC(C)CC(CNC(=O)NCC2CCOCC2C)C1. The topological polar surface area (TPSA) is 50.4 Å². The normalized spacial score (nSPS) is 37.0. The zero-order valence-electron chi connectivity index (χ0n) is 13.9. The van der Waals surface area contributed by atoms with Crippen LogP contribution in [0.2, 0.25) is 0 Å². The summed E-state index contributed by atoms with van der Waals surface area (Å²) < 4.78 is 5.44. The van der Waals surface area contributed by atoms with E-state index in [1.165, 1.54) is 19.3 Å². The summed E-state index contributed by atoms with van der Waals surface area (Å²) in [6, 6.07) is -0.000397. The van der Waals surface area contributed by atoms with Gasteiger partial charge in [-0.3, -0.25) is 0 Å². The van der Waals surface area contributed by atoms with Crippen LogP contribution in [0.4, 0.5) is 4.79 Å². The van der Waals surface area contributed by atoms with Crippen LogP contribution in [0.15, 0.2) is 0 Å². The molecule has 1 aliphatic carbocycles. The third-order valence-corrected chi connectivity index (χ3v) is 5.17. The van der Waals surface area contributed by atoms with Crippen LogP contribution in [-0.4, -0.2) is 32.3 Å². The predicted molar refractivity (Wildman–Crippen MR) is 85.2 cm³/mol. The number of hydrogen-bond donors (Lipinski definition) is 2. The molecule has 2 rings (SSSR count). The van der Waals surface area contributed by atoms with E-state index < -0.39 is 0 Å². The molecule has 0 aromatic rings. The molecule has 4 heteroatoms. The minimum absolute atomic E-state index is 0.000397. The molecule has 4 atom stereocenters. The molecule has 0 spiro atoms. The zero-order valence-corrected chi connectivity index (χ0v) is 13.9. The third kappa shape index (κ3) is 5.50. The van der Waals surface area contributed by atoms with Gasteiger partial charge in [-0.2, -0.15) is 0 Å². The molecule has 0 bridgehead atoms. The highest BCUT2D eigenvalue weighted by Gasteiger charge is 2.25. The van der Waals surface area contributed by atoms with Crippen molar-refractivity contribution in [1.29, 1.82) is 0 Å². The van der Waals surface area contributed by atoms with E-state index in [9.17, 15) is 4.79 Å². The molecule has 1 heterocycles. The molecule has 4 unspecified atom stereocenters. The zero-order chi connectivity index (χ0) is 15.2. The van der Waals surface area contributed by atoms with Crippen LogP contribution in [0.5, 0.6) is 0 Å². The molecule has 2 amide bonds. The highest BCUT2D eigenvalue weighted by Crippen LogP contribution is 2.32. The van der Waals surface area contributed by atoms with Gasteiger partial charge in [-0.15, -0.1) is 0 Å². The summed E-state index contributed by atoms with van der Waals surface area (Å²) in [6.45, 7) is 10.1. The Morgan fingerprint density at radius 1 is 1.05 bits per heavy atom. The fourth-order valence-corrected chi connectivity index (χ4v) is 4.03. The maximum absolute atomic E-state index is 11.9. The van der Waals surface area contributed by atoms with E-state index in [4.69, 9.17) is 4.74 Å². The molecule has 2 N–H and O–H groups in total. The minimum atomic E-state index is -0.000397. The molecule has 1 aliphatic heterocycles. The standard InChI is InChI=1S/C17H32N2O2/c1-12-6-13(2)8-15(7-12)9-18-17(20)19-10-16-4-5-21-11-14(16)3/h12-16H,4-11H2,1-3H3,(H2,18,19,20). The first-order valence-corrected chi connectivity index (χ1v) is 8.64. The number of carbonyl (C=O) groups excluding carboxylic acids is 1. The monoisotopic (exact) mass is 296 g/mol. The second kappa shape index (κ2) is 8.02. The van der Waals surface area contributed by atoms with Crippen molar-refractivity contribution in [2.45, 2.75) is 46.5 Å². The third-order valence-electron chi connectivity index (χ3n) is 5.17. The van der Waals surface area contributed by atoms with Gasteiger partial charge in [0.15, 0.2) is 0 Å². The largest absolute Gasteiger partial charge is 0.381 e. The average molecular weight is 296 g/mol. The summed E-state index contributed by atoms with van der Waals surface area (Å²) >= 11 is 0. The number of carbonyl (C=O) groups is 1. The molecule has 21 heavy (non-hydrogen) atoms. The number of hydrogen-bond acceptors (Lipinski definition) is 2. The molecule has 1 saturated carbocycles. The molecule has 0 aromatic carbocycles. The molecule has 4 nitrogen and oxygen atoms in total. The Morgan fingerprint density at radius 3 is 2.38 bits per heavy atom. The van der Waals surface area contributed by atoms with Crippen molar-refractivity contribution in [3.63, 3.8) is 0 Å². The first-order chi connectivity index (χ1) is 10.0. The van der Waals surface area contributed by atoms with Gasteiger partial charge in [0, 0.05) is 26.3 Å². The van der Waals surface area contributed by atoms with Gasteiger partial charge in [0.05, 0.1) is 0 Å². The number of nitrogens with one attached hydrogen (secondary N) is 2. The Morgan fingerprint density at radius 2 is 1.71 bits per heavy atom. The van der Waals surface area contributed by atoms with Crippen molar-refractivity contribution in [2.24, 2.45) is 29.6 Å². The van der Waals surface area contributed by atoms with Gasteiger partial charge in [-0.1, -0.05) is 20.8 Å². The van der Waals surface area contributed by atoms with E-state index in [-0.39, 0.29) is 6.03 Å². The summed E-state index contributed by atoms with van der Waals surface area (Å²) in [7, 11) is 0. The lowest BCUT2D eigenvalue weighted by Crippen LogP contribution is -2.43. The molecule has 0 aromatic heterocycles. The van der Waals surface area contributed by atoms with Crippen LogP contribution in [-0.2, 0) is 4.74 Å². The van der Waals surface area contributed by atoms with Crippen molar-refractivity contribution < 1.29 is 9.53 Å². The molecule has 1 saturated heterocycles. The summed E-state index contributed by atoms with van der Waals surface area (Å²) in [5.74, 6) is 3.34. The Hall–Kier alpha value is -0.770. The molecular formula is C17H32N2O2. The van der Waals surface area contributed by atoms with Crippen LogP contribution < -0.4 is 10.6 Å². The predicted octanol–water partition coefficient (Wildman–Crippen LogP) is 3.03. The molecule has 2 fully saturated rings. The fraction of sp³-hybridized carbons (Fsp3) is 0.941. The van der Waals surface area contributed by atoms with Crippen LogP contribution >= 0.6 is 0 Å². The Labute approximate surface area is 129 Å². The van der Waals surface area contributed by atoms with Crippen LogP contribution in [0.3, 0.4) is 0 Å². The van der Waals surface area contributed by atoms with Gasteiger partial charge in [-0.05, 0) is 55.3 Å². The quantitative estimate of drug-likeness (QED) is 0.838. The summed E-state index contributed by atoms with van der Waals surface area (Å²) in [5, 5.41) is 6.11. The summed E-state index contributed by atoms with van der Waals surface area (Å²) in [6.07, 6.45) is 4.90. The Balaban J connectivity index is 1.63. The lowest BCUT2D eigenvalue weighted by Gasteiger charge is -2.32. The lowest BCUT2D eigenvalue weighted by atomic mass is 9.77. The van der Waals surface area contributed by atoms with Crippen LogP contribution in [0.1, 0.15) is 46.5 Å². The number of urea groups is 1. The maximum atomic E-state index is 11.9. The van der Waals surface area contributed by atoms with Gasteiger partial charge in [-0.25, -0.2) is 4.79 Å². The maximum Gasteiger partial charge on any atom is 0.314 e. The lowest BCUT2D eigenvalue weighted by molar-refractivity contribution is 0.0253. The fourth-order valence-electron chi connectivity index (χ4n) is 4.03. The first kappa shape index (κ1) is 16.6. The van der Waals surface area contributed by atoms with E-state index >= 15 is 0 Å². The molecular weight excluding hydrogens is 264 g/mol. The van der Waals surface area contributed by atoms with Crippen molar-refractivity contribution in [1.82, 2.24) is 10.6 Å². The van der Waals surface area contributed by atoms with Crippen LogP contribution in [0, 0.1) is 29.6 Å². The average Bonchev–Trinajstić information content (AvgIpc) is 2.43. The van der Waals surface area contributed by atoms with E-state index in [2.05, 4.69) is 31.4 Å². The Kier molecular flexibility index (Phi) is 6.34. The molecule has 122 valence electrons. The summed E-state index contributed by atoms with van der Waals surface area (Å²) in [5.41, 5.74) is 0. The second-order valence-electron chi connectivity index (χ2n) is 7.48. The van der Waals surface area contributed by atoms with Gasteiger partial charge >= 0.3 is 6.03 Å². The second-order valence-corrected chi connectivity index (χ2v) is 7.48. The van der Waals surface area contributed by atoms with Gasteiger partial charge < -0.3 is 15.4 Å². The highest BCUT2D eigenvalue weighted by molar-refractivity contribution is 5.73. The van der Waals surface area contributed by atoms with Gasteiger partial charge in [0.25, 0.3) is 0 Å². The van der Waals surface area contributed by atoms with Crippen molar-refractivity contribution >= 4 is 6.03 Å². The van der Waals surface area contributed by atoms with E-state index in [1.807, 2.05) is 0 Å².